The van der Waals surface area contributed by atoms with Crippen LogP contribution in [0.4, 0.5) is 4.39 Å². The van der Waals surface area contributed by atoms with E-state index in [1.54, 1.807) is 19.9 Å². The molecule has 2 rings (SSSR count). The summed E-state index contributed by atoms with van der Waals surface area (Å²) in [5, 5.41) is 0. The second-order valence-corrected chi connectivity index (χ2v) is 4.68. The molecule has 2 aromatic rings. The van der Waals surface area contributed by atoms with E-state index in [2.05, 4.69) is 4.98 Å². The largest absolute Gasteiger partial charge is 0.494 e. The van der Waals surface area contributed by atoms with Crippen LogP contribution in [0.2, 0.25) is 0 Å². The van der Waals surface area contributed by atoms with Crippen molar-refractivity contribution in [3.63, 3.8) is 0 Å². The standard InChI is InChI=1S/C15H15FN2O3/c1-9-6-10(2)18(15(20)17-9)8-13(19)11-4-5-14(21-3)12(16)7-11/h4-7H,8H2,1-3H3. The maximum absolute atomic E-state index is 13.6. The summed E-state index contributed by atoms with van der Waals surface area (Å²) in [6.45, 7) is 3.25. The van der Waals surface area contributed by atoms with Gasteiger partial charge in [0.25, 0.3) is 0 Å². The van der Waals surface area contributed by atoms with E-state index in [4.69, 9.17) is 4.74 Å². The third-order valence-corrected chi connectivity index (χ3v) is 3.12. The number of Topliss-reactive ketones (excluding diaryl/α,β-unsaturated/α-hetero) is 1. The number of carbonyl (C=O) groups is 1. The highest BCUT2D eigenvalue weighted by atomic mass is 19.1. The lowest BCUT2D eigenvalue weighted by atomic mass is 10.1. The Labute approximate surface area is 121 Å². The van der Waals surface area contributed by atoms with Crippen LogP contribution in [0.1, 0.15) is 21.7 Å². The first kappa shape index (κ1) is 14.9. The highest BCUT2D eigenvalue weighted by molar-refractivity contribution is 5.96. The van der Waals surface area contributed by atoms with Crippen LogP contribution in [0.25, 0.3) is 0 Å². The Bertz CT molecular complexity index is 753. The molecule has 0 saturated heterocycles. The second-order valence-electron chi connectivity index (χ2n) is 4.68. The van der Waals surface area contributed by atoms with Crippen molar-refractivity contribution < 1.29 is 13.9 Å². The lowest BCUT2D eigenvalue weighted by Gasteiger charge is -2.09. The number of hydrogen-bond donors (Lipinski definition) is 0. The van der Waals surface area contributed by atoms with Gasteiger partial charge in [0.2, 0.25) is 0 Å². The smallest absolute Gasteiger partial charge is 0.348 e. The molecule has 0 aliphatic carbocycles. The zero-order chi connectivity index (χ0) is 15.6. The Balaban J connectivity index is 2.30. The number of rotatable bonds is 4. The number of ether oxygens (including phenoxy) is 1. The van der Waals surface area contributed by atoms with Gasteiger partial charge in [0.05, 0.1) is 13.7 Å². The van der Waals surface area contributed by atoms with Crippen molar-refractivity contribution in [1.29, 1.82) is 0 Å². The highest BCUT2D eigenvalue weighted by Crippen LogP contribution is 2.18. The maximum atomic E-state index is 13.6. The molecule has 6 heteroatoms. The Kier molecular flexibility index (Phi) is 4.16. The van der Waals surface area contributed by atoms with E-state index in [9.17, 15) is 14.0 Å². The molecule has 1 heterocycles. The molecule has 0 radical (unpaired) electrons. The number of ketones is 1. The Morgan fingerprint density at radius 1 is 1.33 bits per heavy atom. The van der Waals surface area contributed by atoms with E-state index in [0.717, 1.165) is 6.07 Å². The van der Waals surface area contributed by atoms with E-state index in [1.165, 1.54) is 23.8 Å². The normalized spacial score (nSPS) is 10.5. The zero-order valence-electron chi connectivity index (χ0n) is 12.0. The van der Waals surface area contributed by atoms with Crippen LogP contribution in [-0.4, -0.2) is 22.4 Å². The molecular weight excluding hydrogens is 275 g/mol. The molecule has 0 N–H and O–H groups in total. The highest BCUT2D eigenvalue weighted by Gasteiger charge is 2.13. The number of aryl methyl sites for hydroxylation is 2. The van der Waals surface area contributed by atoms with E-state index in [0.29, 0.717) is 11.4 Å². The molecule has 0 fully saturated rings. The quantitative estimate of drug-likeness (QED) is 0.807. The van der Waals surface area contributed by atoms with Gasteiger partial charge in [0.1, 0.15) is 0 Å². The number of halogens is 1. The van der Waals surface area contributed by atoms with Gasteiger partial charge in [-0.25, -0.2) is 9.18 Å². The SMILES string of the molecule is COc1ccc(C(=O)Cn2c(C)cc(C)nc2=O)cc1F. The molecule has 0 spiro atoms. The number of nitrogens with zero attached hydrogens (tertiary/aromatic N) is 2. The van der Waals surface area contributed by atoms with Crippen LogP contribution in [0, 0.1) is 19.7 Å². The van der Waals surface area contributed by atoms with Crippen molar-refractivity contribution in [3.8, 4) is 5.75 Å². The van der Waals surface area contributed by atoms with E-state index in [1.807, 2.05) is 0 Å². The van der Waals surface area contributed by atoms with Crippen molar-refractivity contribution in [3.05, 3.63) is 57.5 Å². The van der Waals surface area contributed by atoms with Crippen LogP contribution in [-0.2, 0) is 6.54 Å². The predicted octanol–water partition coefficient (Wildman–Crippen LogP) is 1.89. The fourth-order valence-corrected chi connectivity index (χ4v) is 2.04. The number of hydrogen-bond acceptors (Lipinski definition) is 4. The molecule has 0 unspecified atom stereocenters. The van der Waals surface area contributed by atoms with Gasteiger partial charge in [0, 0.05) is 17.0 Å². The van der Waals surface area contributed by atoms with Gasteiger partial charge in [-0.2, -0.15) is 4.98 Å². The lowest BCUT2D eigenvalue weighted by Crippen LogP contribution is -2.28. The molecule has 0 saturated carbocycles. The van der Waals surface area contributed by atoms with Gasteiger partial charge in [-0.15, -0.1) is 0 Å². The fraction of sp³-hybridized carbons (Fsp3) is 0.267. The van der Waals surface area contributed by atoms with Crippen molar-refractivity contribution in [1.82, 2.24) is 9.55 Å². The van der Waals surface area contributed by atoms with Crippen LogP contribution in [0.3, 0.4) is 0 Å². The summed E-state index contributed by atoms with van der Waals surface area (Å²) in [7, 11) is 1.35. The summed E-state index contributed by atoms with van der Waals surface area (Å²) in [5.74, 6) is -0.918. The first-order chi connectivity index (χ1) is 9.92. The topological polar surface area (TPSA) is 61.2 Å². The van der Waals surface area contributed by atoms with Crippen LogP contribution in [0.5, 0.6) is 5.75 Å². The minimum atomic E-state index is -0.616. The molecular formula is C15H15FN2O3. The van der Waals surface area contributed by atoms with Crippen LogP contribution in [0.15, 0.2) is 29.1 Å². The molecule has 0 atom stereocenters. The van der Waals surface area contributed by atoms with Crippen molar-refractivity contribution >= 4 is 5.78 Å². The summed E-state index contributed by atoms with van der Waals surface area (Å²) in [5.41, 5.74) is 0.918. The Hall–Kier alpha value is -2.50. The predicted molar refractivity (Wildman–Crippen MR) is 75.3 cm³/mol. The average molecular weight is 290 g/mol. The van der Waals surface area contributed by atoms with Crippen LogP contribution >= 0.6 is 0 Å². The third-order valence-electron chi connectivity index (χ3n) is 3.12. The Morgan fingerprint density at radius 2 is 2.05 bits per heavy atom. The minimum Gasteiger partial charge on any atom is -0.494 e. The summed E-state index contributed by atoms with van der Waals surface area (Å²) in [4.78, 5) is 27.7. The molecule has 5 nitrogen and oxygen atoms in total. The van der Waals surface area contributed by atoms with Crippen molar-refractivity contribution in [2.75, 3.05) is 7.11 Å². The fourth-order valence-electron chi connectivity index (χ4n) is 2.04. The van der Waals surface area contributed by atoms with Gasteiger partial charge in [-0.1, -0.05) is 0 Å². The first-order valence-electron chi connectivity index (χ1n) is 6.34. The zero-order valence-corrected chi connectivity index (χ0v) is 12.0. The number of aromatic nitrogens is 2. The van der Waals surface area contributed by atoms with Gasteiger partial charge in [0.15, 0.2) is 17.3 Å². The van der Waals surface area contributed by atoms with Gasteiger partial charge < -0.3 is 4.74 Å². The van der Waals surface area contributed by atoms with Crippen LogP contribution < -0.4 is 10.4 Å². The van der Waals surface area contributed by atoms with Crippen molar-refractivity contribution in [2.45, 2.75) is 20.4 Å². The monoisotopic (exact) mass is 290 g/mol. The summed E-state index contributed by atoms with van der Waals surface area (Å²) < 4.78 is 19.7. The van der Waals surface area contributed by atoms with E-state index < -0.39 is 11.5 Å². The van der Waals surface area contributed by atoms with Crippen molar-refractivity contribution in [2.24, 2.45) is 0 Å². The second kappa shape index (κ2) is 5.87. The third kappa shape index (κ3) is 3.16. The lowest BCUT2D eigenvalue weighted by molar-refractivity contribution is 0.0969. The molecule has 21 heavy (non-hydrogen) atoms. The molecule has 0 aliphatic heterocycles. The average Bonchev–Trinajstić information content (AvgIpc) is 2.42. The molecule has 0 aliphatic rings. The number of methoxy groups -OCH3 is 1. The van der Waals surface area contributed by atoms with E-state index in [-0.39, 0.29) is 23.6 Å². The molecule has 0 amide bonds. The van der Waals surface area contributed by atoms with Gasteiger partial charge in [-0.05, 0) is 38.1 Å². The molecule has 0 bridgehead atoms. The number of benzene rings is 1. The summed E-state index contributed by atoms with van der Waals surface area (Å²) in [6.07, 6.45) is 0. The Morgan fingerprint density at radius 3 is 2.62 bits per heavy atom. The van der Waals surface area contributed by atoms with E-state index >= 15 is 0 Å². The molecule has 1 aromatic carbocycles. The van der Waals surface area contributed by atoms with Gasteiger partial charge >= 0.3 is 5.69 Å². The molecule has 1 aromatic heterocycles. The minimum absolute atomic E-state index is 0.0666. The first-order valence-corrected chi connectivity index (χ1v) is 6.34. The number of carbonyl (C=O) groups excluding carboxylic acids is 1. The summed E-state index contributed by atoms with van der Waals surface area (Å²) >= 11 is 0. The maximum Gasteiger partial charge on any atom is 0.348 e. The molecule has 110 valence electrons. The van der Waals surface area contributed by atoms with Gasteiger partial charge in [-0.3, -0.25) is 9.36 Å². The summed E-state index contributed by atoms with van der Waals surface area (Å²) in [6, 6.07) is 5.66.